The third kappa shape index (κ3) is 3.43. The van der Waals surface area contributed by atoms with Crippen molar-refractivity contribution in [1.29, 1.82) is 0 Å². The van der Waals surface area contributed by atoms with Crippen LogP contribution in [0.1, 0.15) is 18.4 Å². The van der Waals surface area contributed by atoms with Crippen molar-refractivity contribution in [3.63, 3.8) is 0 Å². The molecule has 0 spiro atoms. The zero-order valence-corrected chi connectivity index (χ0v) is 15.4. The number of nitrogens with one attached hydrogen (secondary N) is 2. The number of rotatable bonds is 8. The van der Waals surface area contributed by atoms with E-state index in [0.717, 1.165) is 0 Å². The number of hydrogen-bond acceptors (Lipinski definition) is 6. The first-order valence-electron chi connectivity index (χ1n) is 8.57. The lowest BCUT2D eigenvalue weighted by molar-refractivity contribution is -0.533. The Morgan fingerprint density at radius 3 is 2.79 bits per heavy atom. The van der Waals surface area contributed by atoms with Gasteiger partial charge in [-0.25, -0.2) is 4.79 Å². The minimum Gasteiger partial charge on any atom is -0.480 e. The Hall–Kier alpha value is -2.98. The highest BCUT2D eigenvalue weighted by molar-refractivity contribution is 8.00. The molecule has 0 aliphatic carbocycles. The van der Waals surface area contributed by atoms with Crippen LogP contribution < -0.4 is 10.6 Å². The Kier molecular flexibility index (Phi) is 5.61. The van der Waals surface area contributed by atoms with Crippen molar-refractivity contribution in [2.75, 3.05) is 5.75 Å². The van der Waals surface area contributed by atoms with Crippen LogP contribution >= 0.6 is 11.8 Å². The fraction of sp³-hybridized carbons (Fsp3) is 0.500. The predicted molar refractivity (Wildman–Crippen MR) is 100 cm³/mol. The molecule has 3 N–H and O–H groups in total. The van der Waals surface area contributed by atoms with Gasteiger partial charge in [-0.2, -0.15) is 11.8 Å². The fourth-order valence-electron chi connectivity index (χ4n) is 3.82. The lowest BCUT2D eigenvalue weighted by atomic mass is 9.81. The third-order valence-electron chi connectivity index (χ3n) is 5.14. The maximum Gasteiger partial charge on any atom is 0.327 e. The van der Waals surface area contributed by atoms with Crippen LogP contribution in [0.15, 0.2) is 35.4 Å². The van der Waals surface area contributed by atoms with Crippen LogP contribution in [0.2, 0.25) is 0 Å². The van der Waals surface area contributed by atoms with Crippen LogP contribution in [0.5, 0.6) is 0 Å². The first-order valence-corrected chi connectivity index (χ1v) is 9.62. The minimum atomic E-state index is -2.36. The normalized spacial score (nSPS) is 26.1. The Morgan fingerprint density at radius 1 is 1.46 bits per heavy atom. The smallest absolute Gasteiger partial charge is 0.327 e. The summed E-state index contributed by atoms with van der Waals surface area (Å²) < 4.78 is 0. The number of benzene rings is 1. The summed E-state index contributed by atoms with van der Waals surface area (Å²) in [6.45, 7) is 0. The van der Waals surface area contributed by atoms with Crippen LogP contribution in [0.4, 0.5) is 4.79 Å². The van der Waals surface area contributed by atoms with Gasteiger partial charge in [-0.1, -0.05) is 35.4 Å². The van der Waals surface area contributed by atoms with Gasteiger partial charge >= 0.3 is 12.0 Å². The zero-order valence-electron chi connectivity index (χ0n) is 14.6. The van der Waals surface area contributed by atoms with Crippen molar-refractivity contribution in [2.45, 2.75) is 41.8 Å². The number of thioether (sulfide) groups is 1. The number of carbonyl (C=O) groups is 2. The van der Waals surface area contributed by atoms with Gasteiger partial charge < -0.3 is 15.7 Å². The topological polar surface area (TPSA) is 170 Å². The molecule has 5 atom stereocenters. The molecule has 0 bridgehead atoms. The molecule has 2 amide bonds. The van der Waals surface area contributed by atoms with E-state index in [-0.39, 0.29) is 35.3 Å². The van der Waals surface area contributed by atoms with E-state index < -0.39 is 22.5 Å². The summed E-state index contributed by atoms with van der Waals surface area (Å²) in [4.78, 5) is 37.4. The van der Waals surface area contributed by atoms with Gasteiger partial charge in [0.25, 0.3) is 0 Å². The van der Waals surface area contributed by atoms with Crippen molar-refractivity contribution in [3.05, 3.63) is 56.5 Å². The Balaban J connectivity index is 1.90. The second-order valence-electron chi connectivity index (χ2n) is 6.63. The molecule has 12 heteroatoms. The molecule has 0 aromatic heterocycles. The monoisotopic (exact) mass is 406 g/mol. The summed E-state index contributed by atoms with van der Waals surface area (Å²) in [5, 5.41) is 30.6. The number of carbonyl (C=O) groups excluding carboxylic acids is 1. The first-order chi connectivity index (χ1) is 13.4. The molecule has 28 heavy (non-hydrogen) atoms. The van der Waals surface area contributed by atoms with Gasteiger partial charge in [0, 0.05) is 27.3 Å². The van der Waals surface area contributed by atoms with Crippen LogP contribution in [0.25, 0.3) is 10.4 Å². The van der Waals surface area contributed by atoms with Gasteiger partial charge in [-0.05, 0) is 17.5 Å². The molecule has 0 radical (unpaired) electrons. The maximum absolute atomic E-state index is 12.1. The lowest BCUT2D eigenvalue weighted by Crippen LogP contribution is -2.49. The van der Waals surface area contributed by atoms with E-state index in [0.29, 0.717) is 12.2 Å². The number of azide groups is 1. The SMILES string of the molecule is [N-]=[N+]=NC(C(=O)O)(c1ccccc1)C(CC[C@@H]1SC[C@@H]2NC(=O)N[C@@H]21)[N+](=O)[O-]. The van der Waals surface area contributed by atoms with E-state index in [1.54, 1.807) is 17.8 Å². The van der Waals surface area contributed by atoms with Crippen LogP contribution in [-0.4, -0.2) is 51.2 Å². The quantitative estimate of drug-likeness (QED) is 0.148. The number of amides is 2. The summed E-state index contributed by atoms with van der Waals surface area (Å²) in [5.41, 5.74) is 6.68. The molecule has 3 rings (SSSR count). The summed E-state index contributed by atoms with van der Waals surface area (Å²) in [5.74, 6) is -0.901. The van der Waals surface area contributed by atoms with E-state index in [1.807, 2.05) is 0 Å². The van der Waals surface area contributed by atoms with Crippen LogP contribution in [-0.2, 0) is 10.3 Å². The highest BCUT2D eigenvalue weighted by Gasteiger charge is 2.55. The summed E-state index contributed by atoms with van der Waals surface area (Å²) in [6.07, 6.45) is 0.173. The number of fused-ring (bicyclic) bond motifs is 1. The molecule has 2 fully saturated rings. The summed E-state index contributed by atoms with van der Waals surface area (Å²) in [6, 6.07) is 5.37. The van der Waals surface area contributed by atoms with Crippen molar-refractivity contribution in [2.24, 2.45) is 5.11 Å². The van der Waals surface area contributed by atoms with Crippen molar-refractivity contribution < 1.29 is 19.6 Å². The highest BCUT2D eigenvalue weighted by atomic mass is 32.2. The fourth-order valence-corrected chi connectivity index (χ4v) is 5.33. The average molecular weight is 406 g/mol. The molecule has 2 saturated heterocycles. The zero-order chi connectivity index (χ0) is 20.3. The van der Waals surface area contributed by atoms with E-state index in [9.17, 15) is 24.8 Å². The van der Waals surface area contributed by atoms with Gasteiger partial charge in [0.15, 0.2) is 0 Å². The predicted octanol–water partition coefficient (Wildman–Crippen LogP) is 1.87. The van der Waals surface area contributed by atoms with E-state index in [2.05, 4.69) is 20.7 Å². The largest absolute Gasteiger partial charge is 0.480 e. The average Bonchev–Trinajstić information content (AvgIpc) is 3.20. The van der Waals surface area contributed by atoms with E-state index in [4.69, 9.17) is 5.53 Å². The van der Waals surface area contributed by atoms with Crippen LogP contribution in [0.3, 0.4) is 0 Å². The maximum atomic E-state index is 12.1. The number of hydrogen-bond donors (Lipinski definition) is 3. The number of urea groups is 1. The first kappa shape index (κ1) is 19.8. The van der Waals surface area contributed by atoms with Crippen molar-refractivity contribution in [1.82, 2.24) is 10.6 Å². The third-order valence-corrected chi connectivity index (χ3v) is 6.65. The van der Waals surface area contributed by atoms with E-state index in [1.165, 1.54) is 24.3 Å². The lowest BCUT2D eigenvalue weighted by Gasteiger charge is -2.28. The Bertz CT molecular complexity index is 828. The molecule has 1 aromatic rings. The second kappa shape index (κ2) is 7.95. The number of carboxylic acids is 1. The standard InChI is InChI=1S/C16H18N6O5S/c17-21-20-16(14(23)24,9-4-2-1-3-5-9)12(22(26)27)7-6-11-13-10(8-28-11)18-15(25)19-13/h1-5,10-13H,6-8H2,(H,23,24)(H2,18,19,25)/t10-,11-,12?,13-,16?/m0/s1. The van der Waals surface area contributed by atoms with Gasteiger partial charge in [0.2, 0.25) is 11.6 Å². The molecule has 0 saturated carbocycles. The molecular weight excluding hydrogens is 388 g/mol. The highest BCUT2D eigenvalue weighted by Crippen LogP contribution is 2.38. The van der Waals surface area contributed by atoms with Crippen LogP contribution in [0, 0.1) is 10.1 Å². The summed E-state index contributed by atoms with van der Waals surface area (Å²) in [7, 11) is 0. The Morgan fingerprint density at radius 2 is 2.18 bits per heavy atom. The summed E-state index contributed by atoms with van der Waals surface area (Å²) >= 11 is 1.57. The molecule has 148 valence electrons. The molecule has 11 nitrogen and oxygen atoms in total. The van der Waals surface area contributed by atoms with E-state index >= 15 is 0 Å². The molecule has 1 aromatic carbocycles. The number of nitrogens with zero attached hydrogens (tertiary/aromatic N) is 4. The van der Waals surface area contributed by atoms with Crippen molar-refractivity contribution >= 4 is 23.8 Å². The number of nitro groups is 1. The second-order valence-corrected chi connectivity index (χ2v) is 7.90. The van der Waals surface area contributed by atoms with Gasteiger partial charge in [-0.15, -0.1) is 0 Å². The minimum absolute atomic E-state index is 0.0490. The molecule has 2 aliphatic rings. The molecular formula is C16H18N6O5S. The molecule has 2 heterocycles. The van der Waals surface area contributed by atoms with Crippen molar-refractivity contribution in [3.8, 4) is 0 Å². The molecule has 2 aliphatic heterocycles. The number of aliphatic carboxylic acids is 1. The van der Waals surface area contributed by atoms with Gasteiger partial charge in [-0.3, -0.25) is 14.9 Å². The number of carboxylic acid groups (broad SMARTS) is 1. The Labute approximate surface area is 163 Å². The van der Waals surface area contributed by atoms with Gasteiger partial charge in [0.05, 0.1) is 12.1 Å². The molecule has 2 unspecified atom stereocenters. The van der Waals surface area contributed by atoms with Gasteiger partial charge in [0.1, 0.15) is 0 Å².